The predicted octanol–water partition coefficient (Wildman–Crippen LogP) is 10.2. The van der Waals surface area contributed by atoms with Crippen LogP contribution in [-0.4, -0.2) is 46.0 Å². The Balaban J connectivity index is 2.48. The summed E-state index contributed by atoms with van der Waals surface area (Å²) in [5.41, 5.74) is -5.67. The van der Waals surface area contributed by atoms with Gasteiger partial charge in [0.15, 0.2) is 16.6 Å². The fourth-order valence-corrected chi connectivity index (χ4v) is 10.8. The SMILES string of the molecule is CC(C)(CCC[C@](C)(C/C=C\C(O[Si](C)(C)C)(C(F)(F)F)C(F)(F)F)[C@H]1CC[C@H]2C(=O)CCC[C@]12C)O[Si](C)(C)C. The summed E-state index contributed by atoms with van der Waals surface area (Å²) in [6, 6.07) is 0. The van der Waals surface area contributed by atoms with Crippen LogP contribution in [0.4, 0.5) is 26.3 Å². The molecule has 0 unspecified atom stereocenters. The summed E-state index contributed by atoms with van der Waals surface area (Å²) >= 11 is 0. The lowest BCUT2D eigenvalue weighted by Gasteiger charge is -2.48. The standard InChI is InChI=1S/C30H52F6O3Si2/c1-25(2,38-40(5,6)7)17-12-18-26(3,24-16-15-22-23(37)14-11-20-27(22,24)4)19-13-21-28(29(31,32)33,30(34,35)36)39-41(8,9)10/h13,21-22,24H,11-12,14-20H2,1-10H3/b21-13-/t22-,24+,26+,27-/m0/s1. The van der Waals surface area contributed by atoms with E-state index in [9.17, 15) is 31.1 Å². The van der Waals surface area contributed by atoms with Gasteiger partial charge in [-0.1, -0.05) is 26.3 Å². The van der Waals surface area contributed by atoms with Crippen molar-refractivity contribution in [1.82, 2.24) is 0 Å². The van der Waals surface area contributed by atoms with Crippen LogP contribution < -0.4 is 0 Å². The van der Waals surface area contributed by atoms with Crippen LogP contribution in [0.5, 0.6) is 0 Å². The van der Waals surface area contributed by atoms with Crippen molar-refractivity contribution in [2.75, 3.05) is 0 Å². The molecule has 0 aromatic rings. The molecule has 0 amide bonds. The molecule has 4 atom stereocenters. The summed E-state index contributed by atoms with van der Waals surface area (Å²) in [6.07, 6.45) is -4.38. The molecule has 0 heterocycles. The minimum absolute atomic E-state index is 0.000922. The highest BCUT2D eigenvalue weighted by Gasteiger charge is 2.71. The molecule has 0 radical (unpaired) electrons. The zero-order valence-electron chi connectivity index (χ0n) is 26.7. The van der Waals surface area contributed by atoms with Crippen molar-refractivity contribution in [3.63, 3.8) is 0 Å². The van der Waals surface area contributed by atoms with E-state index in [0.29, 0.717) is 19.3 Å². The number of ketones is 1. The van der Waals surface area contributed by atoms with Crippen molar-refractivity contribution in [3.8, 4) is 0 Å². The van der Waals surface area contributed by atoms with Crippen molar-refractivity contribution in [2.45, 2.75) is 148 Å². The molecule has 3 nitrogen and oxygen atoms in total. The van der Waals surface area contributed by atoms with Crippen LogP contribution >= 0.6 is 0 Å². The monoisotopic (exact) mass is 630 g/mol. The highest BCUT2D eigenvalue weighted by Crippen LogP contribution is 2.62. The maximum absolute atomic E-state index is 14.2. The number of carbonyl (C=O) groups is 1. The Kier molecular flexibility index (Phi) is 10.7. The van der Waals surface area contributed by atoms with Gasteiger partial charge in [0, 0.05) is 12.3 Å². The number of hydrogen-bond donors (Lipinski definition) is 0. The lowest BCUT2D eigenvalue weighted by Crippen LogP contribution is -2.61. The van der Waals surface area contributed by atoms with Crippen molar-refractivity contribution in [2.24, 2.45) is 22.7 Å². The van der Waals surface area contributed by atoms with Gasteiger partial charge in [0.05, 0.1) is 5.60 Å². The fourth-order valence-electron chi connectivity index (χ4n) is 7.77. The molecule has 2 aliphatic carbocycles. The maximum atomic E-state index is 14.2. The highest BCUT2D eigenvalue weighted by atomic mass is 28.4. The fraction of sp³-hybridized carbons (Fsp3) is 0.900. The van der Waals surface area contributed by atoms with Crippen LogP contribution in [0.2, 0.25) is 39.3 Å². The van der Waals surface area contributed by atoms with Crippen LogP contribution in [0.15, 0.2) is 12.2 Å². The second-order valence-electron chi connectivity index (χ2n) is 15.5. The largest absolute Gasteiger partial charge is 0.429 e. The second-order valence-corrected chi connectivity index (χ2v) is 24.4. The van der Waals surface area contributed by atoms with Gasteiger partial charge in [0.1, 0.15) is 5.78 Å². The molecule has 0 aromatic heterocycles. The molecule has 2 saturated carbocycles. The molecule has 2 rings (SSSR count). The average molecular weight is 631 g/mol. The molecule has 0 bridgehead atoms. The third kappa shape index (κ3) is 8.72. The highest BCUT2D eigenvalue weighted by molar-refractivity contribution is 6.70. The molecule has 0 N–H and O–H groups in total. The Morgan fingerprint density at radius 3 is 1.90 bits per heavy atom. The minimum atomic E-state index is -5.67. The van der Waals surface area contributed by atoms with E-state index in [4.69, 9.17) is 8.85 Å². The first kappa shape index (κ1) is 36.5. The van der Waals surface area contributed by atoms with E-state index in [1.54, 1.807) is 0 Å². The molecule has 0 saturated heterocycles. The van der Waals surface area contributed by atoms with Gasteiger partial charge in [-0.25, -0.2) is 0 Å². The third-order valence-corrected chi connectivity index (χ3v) is 11.2. The van der Waals surface area contributed by atoms with Gasteiger partial charge in [-0.05, 0) is 121 Å². The molecule has 2 aliphatic rings. The molecule has 2 fully saturated rings. The summed E-state index contributed by atoms with van der Waals surface area (Å²) in [7, 11) is -5.10. The van der Waals surface area contributed by atoms with Gasteiger partial charge in [-0.3, -0.25) is 4.79 Å². The van der Waals surface area contributed by atoms with Crippen LogP contribution in [0.25, 0.3) is 0 Å². The first-order chi connectivity index (χ1) is 18.2. The summed E-state index contributed by atoms with van der Waals surface area (Å²) in [4.78, 5) is 12.8. The molecule has 0 aromatic carbocycles. The predicted molar refractivity (Wildman–Crippen MR) is 157 cm³/mol. The average Bonchev–Trinajstić information content (AvgIpc) is 3.07. The van der Waals surface area contributed by atoms with Gasteiger partial charge >= 0.3 is 12.4 Å². The number of rotatable bonds is 12. The lowest BCUT2D eigenvalue weighted by molar-refractivity contribution is -0.340. The molecule has 41 heavy (non-hydrogen) atoms. The topological polar surface area (TPSA) is 35.5 Å². The summed E-state index contributed by atoms with van der Waals surface area (Å²) < 4.78 is 96.4. The minimum Gasteiger partial charge on any atom is -0.413 e. The third-order valence-electron chi connectivity index (χ3n) is 9.06. The number of fused-ring (bicyclic) bond motifs is 1. The van der Waals surface area contributed by atoms with E-state index in [1.165, 1.54) is 19.6 Å². The van der Waals surface area contributed by atoms with Gasteiger partial charge < -0.3 is 8.85 Å². The van der Waals surface area contributed by atoms with Crippen LogP contribution in [0, 0.1) is 22.7 Å². The molecule has 11 heteroatoms. The molecule has 0 aliphatic heterocycles. The summed E-state index contributed by atoms with van der Waals surface area (Å²) in [6.45, 7) is 18.5. The van der Waals surface area contributed by atoms with Crippen LogP contribution in [0.1, 0.15) is 85.5 Å². The number of Topliss-reactive ketones (excluding diaryl/α,β-unsaturated/α-hetero) is 1. The second kappa shape index (κ2) is 12.0. The van der Waals surface area contributed by atoms with Gasteiger partial charge in [0.2, 0.25) is 0 Å². The maximum Gasteiger partial charge on any atom is 0.429 e. The lowest BCUT2D eigenvalue weighted by atomic mass is 9.56. The van der Waals surface area contributed by atoms with Crippen LogP contribution in [-0.2, 0) is 13.6 Å². The van der Waals surface area contributed by atoms with Crippen molar-refractivity contribution in [1.29, 1.82) is 0 Å². The van der Waals surface area contributed by atoms with E-state index in [1.807, 2.05) is 20.8 Å². The van der Waals surface area contributed by atoms with E-state index < -0.39 is 45.6 Å². The number of allylic oxidation sites excluding steroid dienone is 1. The number of carbonyl (C=O) groups excluding carboxylic acids is 1. The Labute approximate surface area is 245 Å². The zero-order valence-corrected chi connectivity index (χ0v) is 28.7. The van der Waals surface area contributed by atoms with Crippen molar-refractivity contribution < 1.29 is 40.0 Å². The van der Waals surface area contributed by atoms with Crippen molar-refractivity contribution >= 4 is 22.4 Å². The van der Waals surface area contributed by atoms with E-state index in [2.05, 4.69) is 26.6 Å². The quantitative estimate of drug-likeness (QED) is 0.122. The van der Waals surface area contributed by atoms with E-state index in [-0.39, 0.29) is 35.5 Å². The Hall–Kier alpha value is -0.656. The normalized spacial score (nSPS) is 26.9. The molecule has 240 valence electrons. The Morgan fingerprint density at radius 2 is 1.41 bits per heavy atom. The summed E-state index contributed by atoms with van der Waals surface area (Å²) in [5.74, 6) is 0.135. The van der Waals surface area contributed by atoms with Gasteiger partial charge in [0.25, 0.3) is 5.60 Å². The zero-order chi connectivity index (χ0) is 31.9. The molecule has 0 spiro atoms. The van der Waals surface area contributed by atoms with Crippen molar-refractivity contribution in [3.05, 3.63) is 12.2 Å². The number of hydrogen-bond acceptors (Lipinski definition) is 3. The number of halogens is 6. The Morgan fingerprint density at radius 1 is 0.878 bits per heavy atom. The van der Waals surface area contributed by atoms with Gasteiger partial charge in [-0.2, -0.15) is 26.3 Å². The first-order valence-electron chi connectivity index (χ1n) is 14.9. The first-order valence-corrected chi connectivity index (χ1v) is 21.7. The Bertz CT molecular complexity index is 934. The molecular weight excluding hydrogens is 578 g/mol. The molecular formula is C30H52F6O3Si2. The van der Waals surface area contributed by atoms with E-state index >= 15 is 0 Å². The van der Waals surface area contributed by atoms with E-state index in [0.717, 1.165) is 38.2 Å². The number of alkyl halides is 6. The van der Waals surface area contributed by atoms with Crippen LogP contribution in [0.3, 0.4) is 0 Å². The van der Waals surface area contributed by atoms with Gasteiger partial charge in [-0.15, -0.1) is 0 Å². The smallest absolute Gasteiger partial charge is 0.413 e. The summed E-state index contributed by atoms with van der Waals surface area (Å²) in [5, 5.41) is 0.